The van der Waals surface area contributed by atoms with Gasteiger partial charge in [-0.15, -0.1) is 0 Å². The fourth-order valence-corrected chi connectivity index (χ4v) is 1.54. The Labute approximate surface area is 98.5 Å². The molecule has 0 radical (unpaired) electrons. The van der Waals surface area contributed by atoms with Crippen LogP contribution in [0.25, 0.3) is 0 Å². The van der Waals surface area contributed by atoms with Crippen LogP contribution in [-0.2, 0) is 12.7 Å². The first kappa shape index (κ1) is 14.0. The second kappa shape index (κ2) is 6.02. The van der Waals surface area contributed by atoms with Crippen molar-refractivity contribution in [3.63, 3.8) is 0 Å². The molecule has 17 heavy (non-hydrogen) atoms. The fraction of sp³-hybridized carbons (Fsp3) is 0.500. The van der Waals surface area contributed by atoms with Gasteiger partial charge in [-0.2, -0.15) is 13.2 Å². The third-order valence-corrected chi connectivity index (χ3v) is 2.62. The second-order valence-electron chi connectivity index (χ2n) is 3.82. The lowest BCUT2D eigenvalue weighted by Gasteiger charge is -2.17. The molecule has 0 aromatic heterocycles. The molecule has 0 saturated carbocycles. The molecule has 96 valence electrons. The molecule has 0 spiro atoms. The third kappa shape index (κ3) is 4.02. The molecule has 1 atom stereocenters. The molecule has 1 unspecified atom stereocenters. The van der Waals surface area contributed by atoms with E-state index < -0.39 is 11.7 Å². The smallest absolute Gasteiger partial charge is 0.395 e. The van der Waals surface area contributed by atoms with Crippen molar-refractivity contribution in [3.05, 3.63) is 35.4 Å². The molecule has 1 aromatic carbocycles. The van der Waals surface area contributed by atoms with E-state index >= 15 is 0 Å². The van der Waals surface area contributed by atoms with Crippen molar-refractivity contribution >= 4 is 0 Å². The van der Waals surface area contributed by atoms with Crippen molar-refractivity contribution in [1.82, 2.24) is 5.32 Å². The quantitative estimate of drug-likeness (QED) is 0.838. The maximum atomic E-state index is 12.7. The highest BCUT2D eigenvalue weighted by molar-refractivity contribution is 5.29. The van der Waals surface area contributed by atoms with Gasteiger partial charge >= 0.3 is 6.18 Å². The predicted molar refractivity (Wildman–Crippen MR) is 59.4 cm³/mol. The van der Waals surface area contributed by atoms with Crippen LogP contribution in [-0.4, -0.2) is 17.8 Å². The van der Waals surface area contributed by atoms with Gasteiger partial charge in [-0.05, 0) is 18.1 Å². The minimum absolute atomic E-state index is 0.0787. The van der Waals surface area contributed by atoms with Crippen LogP contribution >= 0.6 is 0 Å². The summed E-state index contributed by atoms with van der Waals surface area (Å²) < 4.78 is 38.0. The lowest BCUT2D eigenvalue weighted by molar-refractivity contribution is -0.138. The number of hydrogen-bond acceptors (Lipinski definition) is 2. The van der Waals surface area contributed by atoms with Crippen LogP contribution in [0, 0.1) is 0 Å². The van der Waals surface area contributed by atoms with Crippen molar-refractivity contribution in [2.45, 2.75) is 32.1 Å². The van der Waals surface area contributed by atoms with E-state index in [2.05, 4.69) is 5.32 Å². The number of alkyl halides is 3. The van der Waals surface area contributed by atoms with Crippen LogP contribution in [0.3, 0.4) is 0 Å². The standard InChI is InChI=1S/C12H16F3NO/c1-2-10(8-17)16-7-9-5-3-4-6-11(9)12(13,14)15/h3-6,10,16-17H,2,7-8H2,1H3. The van der Waals surface area contributed by atoms with Crippen molar-refractivity contribution in [1.29, 1.82) is 0 Å². The Bertz CT molecular complexity index is 348. The first-order chi connectivity index (χ1) is 7.99. The lowest BCUT2D eigenvalue weighted by Crippen LogP contribution is -2.31. The zero-order valence-corrected chi connectivity index (χ0v) is 9.59. The highest BCUT2D eigenvalue weighted by atomic mass is 19.4. The number of nitrogens with one attached hydrogen (secondary N) is 1. The normalized spacial score (nSPS) is 13.7. The summed E-state index contributed by atoms with van der Waals surface area (Å²) in [6.45, 7) is 1.89. The van der Waals surface area contributed by atoms with Crippen LogP contribution in [0.1, 0.15) is 24.5 Å². The van der Waals surface area contributed by atoms with E-state index in [-0.39, 0.29) is 24.8 Å². The minimum atomic E-state index is -4.33. The lowest BCUT2D eigenvalue weighted by atomic mass is 10.1. The molecule has 0 fully saturated rings. The Morgan fingerprint density at radius 2 is 1.94 bits per heavy atom. The van der Waals surface area contributed by atoms with E-state index in [1.54, 1.807) is 6.07 Å². The number of benzene rings is 1. The summed E-state index contributed by atoms with van der Waals surface area (Å²) in [7, 11) is 0. The summed E-state index contributed by atoms with van der Waals surface area (Å²) >= 11 is 0. The van der Waals surface area contributed by atoms with Gasteiger partial charge in [0.15, 0.2) is 0 Å². The molecule has 0 aliphatic rings. The summed E-state index contributed by atoms with van der Waals surface area (Å²) in [6.07, 6.45) is -3.66. The Morgan fingerprint density at radius 1 is 1.29 bits per heavy atom. The van der Waals surface area contributed by atoms with Gasteiger partial charge in [-0.25, -0.2) is 0 Å². The second-order valence-corrected chi connectivity index (χ2v) is 3.82. The maximum absolute atomic E-state index is 12.7. The van der Waals surface area contributed by atoms with Gasteiger partial charge in [-0.1, -0.05) is 25.1 Å². The summed E-state index contributed by atoms with van der Waals surface area (Å²) in [5, 5.41) is 11.8. The van der Waals surface area contributed by atoms with Gasteiger partial charge in [-0.3, -0.25) is 0 Å². The summed E-state index contributed by atoms with van der Waals surface area (Å²) in [4.78, 5) is 0. The van der Waals surface area contributed by atoms with Gasteiger partial charge < -0.3 is 10.4 Å². The topological polar surface area (TPSA) is 32.3 Å². The van der Waals surface area contributed by atoms with Gasteiger partial charge in [0.25, 0.3) is 0 Å². The van der Waals surface area contributed by atoms with Crippen LogP contribution in [0.15, 0.2) is 24.3 Å². The molecule has 2 N–H and O–H groups in total. The molecule has 1 rings (SSSR count). The molecule has 5 heteroatoms. The van der Waals surface area contributed by atoms with Crippen LogP contribution < -0.4 is 5.32 Å². The van der Waals surface area contributed by atoms with Gasteiger partial charge in [0.2, 0.25) is 0 Å². The van der Waals surface area contributed by atoms with Gasteiger partial charge in [0.1, 0.15) is 0 Å². The Balaban J connectivity index is 2.77. The highest BCUT2D eigenvalue weighted by Gasteiger charge is 2.32. The summed E-state index contributed by atoms with van der Waals surface area (Å²) in [6, 6.07) is 5.29. The highest BCUT2D eigenvalue weighted by Crippen LogP contribution is 2.31. The number of rotatable bonds is 5. The van der Waals surface area contributed by atoms with Crippen molar-refractivity contribution < 1.29 is 18.3 Å². The average molecular weight is 247 g/mol. The van der Waals surface area contributed by atoms with Crippen LogP contribution in [0.2, 0.25) is 0 Å². The first-order valence-electron chi connectivity index (χ1n) is 5.48. The van der Waals surface area contributed by atoms with E-state index in [0.29, 0.717) is 6.42 Å². The Hall–Kier alpha value is -1.07. The average Bonchev–Trinajstić information content (AvgIpc) is 2.29. The van der Waals surface area contributed by atoms with Crippen molar-refractivity contribution in [2.24, 2.45) is 0 Å². The zero-order valence-electron chi connectivity index (χ0n) is 9.59. The molecule has 1 aromatic rings. The van der Waals surface area contributed by atoms with E-state index in [1.807, 2.05) is 6.92 Å². The van der Waals surface area contributed by atoms with Gasteiger partial charge in [0, 0.05) is 12.6 Å². The van der Waals surface area contributed by atoms with E-state index in [4.69, 9.17) is 5.11 Å². The Morgan fingerprint density at radius 3 is 2.47 bits per heavy atom. The zero-order chi connectivity index (χ0) is 12.9. The van der Waals surface area contributed by atoms with E-state index in [1.165, 1.54) is 12.1 Å². The molecule has 0 saturated heterocycles. The van der Waals surface area contributed by atoms with Gasteiger partial charge in [0.05, 0.1) is 12.2 Å². The number of hydrogen-bond donors (Lipinski definition) is 2. The van der Waals surface area contributed by atoms with Crippen LogP contribution in [0.5, 0.6) is 0 Å². The van der Waals surface area contributed by atoms with Crippen LogP contribution in [0.4, 0.5) is 13.2 Å². The first-order valence-corrected chi connectivity index (χ1v) is 5.48. The summed E-state index contributed by atoms with van der Waals surface area (Å²) in [5.74, 6) is 0. The SMILES string of the molecule is CCC(CO)NCc1ccccc1C(F)(F)F. The molecular weight excluding hydrogens is 231 g/mol. The molecule has 0 aliphatic carbocycles. The molecule has 0 amide bonds. The molecule has 0 aliphatic heterocycles. The maximum Gasteiger partial charge on any atom is 0.416 e. The number of halogens is 3. The van der Waals surface area contributed by atoms with Crippen molar-refractivity contribution in [3.8, 4) is 0 Å². The molecule has 2 nitrogen and oxygen atoms in total. The minimum Gasteiger partial charge on any atom is -0.395 e. The predicted octanol–water partition coefficient (Wildman–Crippen LogP) is 2.57. The molecular formula is C12H16F3NO. The monoisotopic (exact) mass is 247 g/mol. The fourth-order valence-electron chi connectivity index (χ4n) is 1.54. The molecule has 0 bridgehead atoms. The van der Waals surface area contributed by atoms with E-state index in [0.717, 1.165) is 6.07 Å². The molecule has 0 heterocycles. The Kier molecular flexibility index (Phi) is 4.96. The third-order valence-electron chi connectivity index (χ3n) is 2.62. The van der Waals surface area contributed by atoms with Crippen molar-refractivity contribution in [2.75, 3.05) is 6.61 Å². The summed E-state index contributed by atoms with van der Waals surface area (Å²) in [5.41, 5.74) is -0.424. The number of aliphatic hydroxyl groups is 1. The van der Waals surface area contributed by atoms with E-state index in [9.17, 15) is 13.2 Å². The number of aliphatic hydroxyl groups excluding tert-OH is 1. The largest absolute Gasteiger partial charge is 0.416 e.